The Morgan fingerprint density at radius 2 is 1.10 bits per heavy atom. The van der Waals surface area contributed by atoms with Gasteiger partial charge in [0.1, 0.15) is 48.3 Å². The zero-order valence-corrected chi connectivity index (χ0v) is 62.9. The third-order valence-electron chi connectivity index (χ3n) is 17.6. The number of fused-ring (bicyclic) bond motifs is 1. The third kappa shape index (κ3) is 31.2. The maximum Gasteiger partial charge on any atom is 0.321 e. The molecule has 0 bridgehead atoms. The molecular weight excluding hydrogens is 1460 g/mol. The van der Waals surface area contributed by atoms with Crippen LogP contribution in [0.3, 0.4) is 0 Å². The van der Waals surface area contributed by atoms with Gasteiger partial charge in [-0.2, -0.15) is 11.8 Å². The van der Waals surface area contributed by atoms with Crippen molar-refractivity contribution in [3.8, 4) is 0 Å². The van der Waals surface area contributed by atoms with E-state index in [2.05, 4.69) is 68.1 Å². The van der Waals surface area contributed by atoms with E-state index in [4.69, 9.17) is 11.5 Å². The fraction of sp³-hybridized carbons (Fsp3) is 0.529. The first kappa shape index (κ1) is 89.5. The van der Waals surface area contributed by atoms with Crippen LogP contribution in [0.2, 0.25) is 0 Å². The SMILES string of the molecule is CSCC[C@H](NC(=O)[C@H](CC(C)C)NC(=O)[C@H](Cc1c[nH]cn1)NC(=O)CNC(=O)[C@@H](NC(=O)[C@H](C)NC(=O)[C@H](Cc1c[nH]c2ccccc12)NC(=O)[C@H](CCC(N)=O)NC(=O)c1ccc(NC(=O)CNC(=O)CC(C(=O)O)N2CCN(CC(=O)O)CCN(CC(=O)O)CCN(CC(=O)O)CC2)cc1)C(C)C)C(N)=O. The number of aromatic nitrogens is 3. The summed E-state index contributed by atoms with van der Waals surface area (Å²) in [6, 6.07) is 1.41. The van der Waals surface area contributed by atoms with Crippen molar-refractivity contribution in [2.45, 2.75) is 128 Å². The van der Waals surface area contributed by atoms with Crippen molar-refractivity contribution in [2.75, 3.05) is 102 Å². The Morgan fingerprint density at radius 3 is 1.65 bits per heavy atom. The van der Waals surface area contributed by atoms with E-state index in [0.717, 1.165) is 0 Å². The monoisotopic (exact) mass is 1560 g/mol. The number of aromatic amines is 2. The van der Waals surface area contributed by atoms with Crippen molar-refractivity contribution in [2.24, 2.45) is 23.3 Å². The first-order valence-corrected chi connectivity index (χ1v) is 36.9. The number of nitrogens with two attached hydrogens (primary N) is 2. The standard InChI is InChI=1S/C70H101N19O20S/c1-39(2)27-50(67(105)81-48(62(72)100)17-26-110-6)83-68(106)52(29-45-32-73-38-77-45)80-57(93)34-76-69(107)61(40(3)4)85-63(101)41(5)78-66(104)51(28-43-31-74-47-10-8-7-9-46(43)47)84-65(103)49(15-16-54(71)90)82-64(102)42-11-13-44(14-12-42)79-56(92)33-75-55(91)30-53(70(108)109)89-24-22-87(36-59(96)97)20-18-86(35-58(94)95)19-21-88(23-25-89)37-60(98)99/h7-14,31-32,38-41,48-53,61,74H,15-30,33-37H2,1-6H3,(H2,71,90)(H2,72,100)(H,73,77)(H,75,91)(H,76,107)(H,78,104)(H,79,92)(H,80,93)(H,81,105)(H,82,102)(H,83,106)(H,84,103)(H,85,101)(H,94,95)(H,96,97)(H,98,99)(H,108,109)/t41-,48-,49-,50-,51-,52-,53?,61-/m0/s1. The minimum Gasteiger partial charge on any atom is -0.480 e. The lowest BCUT2D eigenvalue weighted by atomic mass is 10.0. The fourth-order valence-electron chi connectivity index (χ4n) is 11.7. The lowest BCUT2D eigenvalue weighted by Gasteiger charge is -2.35. The number of hydrogen-bond donors (Lipinski definition) is 18. The fourth-order valence-corrected chi connectivity index (χ4v) is 12.2. The maximum atomic E-state index is 14.5. The summed E-state index contributed by atoms with van der Waals surface area (Å²) in [5.41, 5.74) is 12.7. The van der Waals surface area contributed by atoms with Gasteiger partial charge in [0.05, 0.1) is 51.2 Å². The number of imidazole rings is 1. The summed E-state index contributed by atoms with van der Waals surface area (Å²) >= 11 is 1.44. The number of anilines is 1. The van der Waals surface area contributed by atoms with Crippen LogP contribution in [-0.4, -0.2) is 295 Å². The van der Waals surface area contributed by atoms with Crippen molar-refractivity contribution in [1.82, 2.24) is 82.4 Å². The molecule has 5 rings (SSSR count). The predicted molar refractivity (Wildman–Crippen MR) is 399 cm³/mol. The van der Waals surface area contributed by atoms with Crippen LogP contribution < -0.4 is 64.6 Å². The molecule has 40 heteroatoms. The van der Waals surface area contributed by atoms with Crippen LogP contribution in [0.5, 0.6) is 0 Å². The molecule has 2 aromatic carbocycles. The molecule has 0 radical (unpaired) electrons. The molecule has 110 heavy (non-hydrogen) atoms. The van der Waals surface area contributed by atoms with Crippen LogP contribution >= 0.6 is 11.8 Å². The number of rotatable bonds is 43. The molecule has 0 aliphatic carbocycles. The van der Waals surface area contributed by atoms with Gasteiger partial charge in [-0.25, -0.2) is 4.98 Å². The molecule has 1 saturated heterocycles. The Hall–Kier alpha value is -11.1. The minimum absolute atomic E-state index is 0.0337. The summed E-state index contributed by atoms with van der Waals surface area (Å²) in [5, 5.41) is 65.3. The van der Waals surface area contributed by atoms with Crippen LogP contribution in [0.1, 0.15) is 88.3 Å². The molecular formula is C70H101N19O20S. The smallest absolute Gasteiger partial charge is 0.321 e. The van der Waals surface area contributed by atoms with E-state index in [9.17, 15) is 97.1 Å². The molecule has 4 aromatic rings. The summed E-state index contributed by atoms with van der Waals surface area (Å²) < 4.78 is 0. The maximum absolute atomic E-state index is 14.5. The number of aliphatic carboxylic acids is 4. The first-order chi connectivity index (χ1) is 52.1. The number of hydrogen-bond acceptors (Lipinski definition) is 22. The molecule has 39 nitrogen and oxygen atoms in total. The van der Waals surface area contributed by atoms with Crippen molar-refractivity contribution in [1.29, 1.82) is 0 Å². The topological polar surface area (TPSA) is 584 Å². The van der Waals surface area contributed by atoms with Gasteiger partial charge < -0.3 is 95.0 Å². The van der Waals surface area contributed by atoms with Crippen molar-refractivity contribution < 1.29 is 97.1 Å². The molecule has 1 unspecified atom stereocenters. The number of carbonyl (C=O) groups excluding carboxylic acids is 12. The van der Waals surface area contributed by atoms with E-state index < -0.39 is 195 Å². The van der Waals surface area contributed by atoms with Crippen LogP contribution in [0.4, 0.5) is 5.69 Å². The van der Waals surface area contributed by atoms with E-state index in [-0.39, 0.29) is 102 Å². The molecule has 2 aromatic heterocycles. The predicted octanol–water partition coefficient (Wildman–Crippen LogP) is -3.90. The number of amides is 12. The summed E-state index contributed by atoms with van der Waals surface area (Å²) in [4.78, 5) is 226. The first-order valence-electron chi connectivity index (χ1n) is 35.5. The quantitative estimate of drug-likeness (QED) is 0.0201. The van der Waals surface area contributed by atoms with Crippen molar-refractivity contribution in [3.63, 3.8) is 0 Å². The number of nitrogens with zero attached hydrogens (tertiary/aromatic N) is 5. The number of para-hydroxylation sites is 1. The Bertz CT molecular complexity index is 3830. The van der Waals surface area contributed by atoms with Gasteiger partial charge in [0.2, 0.25) is 65.0 Å². The van der Waals surface area contributed by atoms with Crippen LogP contribution in [0.25, 0.3) is 10.9 Å². The number of nitrogens with one attached hydrogen (secondary N) is 12. The number of benzene rings is 2. The third-order valence-corrected chi connectivity index (χ3v) is 18.3. The average Bonchev–Trinajstić information content (AvgIpc) is 1.65. The van der Waals surface area contributed by atoms with Crippen LogP contribution in [-0.2, 0) is 84.8 Å². The summed E-state index contributed by atoms with van der Waals surface area (Å²) in [7, 11) is 0. The van der Waals surface area contributed by atoms with Crippen LogP contribution in [0, 0.1) is 11.8 Å². The number of carbonyl (C=O) groups is 16. The molecule has 8 atom stereocenters. The van der Waals surface area contributed by atoms with Gasteiger partial charge >= 0.3 is 23.9 Å². The minimum atomic E-state index is -1.54. The Kier molecular flexibility index (Phi) is 36.6. The highest BCUT2D eigenvalue weighted by molar-refractivity contribution is 7.98. The molecule has 0 saturated carbocycles. The summed E-state index contributed by atoms with van der Waals surface area (Å²) in [5.74, 6) is -15.2. The molecule has 12 amide bonds. The van der Waals surface area contributed by atoms with E-state index in [1.54, 1.807) is 44.3 Å². The van der Waals surface area contributed by atoms with Crippen molar-refractivity contribution in [3.05, 3.63) is 84.1 Å². The largest absolute Gasteiger partial charge is 0.480 e. The van der Waals surface area contributed by atoms with E-state index in [1.165, 1.54) is 75.1 Å². The molecule has 1 fully saturated rings. The van der Waals surface area contributed by atoms with Crippen molar-refractivity contribution >= 4 is 123 Å². The highest BCUT2D eigenvalue weighted by atomic mass is 32.2. The molecule has 1 aliphatic rings. The second-order valence-corrected chi connectivity index (χ2v) is 28.1. The Labute approximate surface area is 637 Å². The lowest BCUT2D eigenvalue weighted by molar-refractivity contribution is -0.146. The molecule has 1 aliphatic heterocycles. The average molecular weight is 1560 g/mol. The van der Waals surface area contributed by atoms with Gasteiger partial charge in [-0.1, -0.05) is 45.9 Å². The number of primary amides is 2. The lowest BCUT2D eigenvalue weighted by Crippen LogP contribution is -2.59. The number of carboxylic acids is 4. The van der Waals surface area contributed by atoms with Crippen LogP contribution in [0.15, 0.2) is 67.3 Å². The van der Waals surface area contributed by atoms with Gasteiger partial charge in [-0.05, 0) is 85.9 Å². The number of carboxylic acid groups (broad SMARTS) is 4. The highest BCUT2D eigenvalue weighted by Gasteiger charge is 2.36. The van der Waals surface area contributed by atoms with E-state index >= 15 is 0 Å². The molecule has 0 spiro atoms. The Balaban J connectivity index is 1.23. The Morgan fingerprint density at radius 1 is 0.555 bits per heavy atom. The molecule has 602 valence electrons. The second-order valence-electron chi connectivity index (χ2n) is 27.2. The normalized spacial score (nSPS) is 15.6. The zero-order valence-electron chi connectivity index (χ0n) is 62.1. The van der Waals surface area contributed by atoms with Gasteiger partial charge in [0, 0.05) is 106 Å². The van der Waals surface area contributed by atoms with E-state index in [0.29, 0.717) is 27.9 Å². The van der Waals surface area contributed by atoms with E-state index in [1.807, 2.05) is 20.1 Å². The summed E-state index contributed by atoms with van der Waals surface area (Å²) in [6.07, 6.45) is 4.82. The van der Waals surface area contributed by atoms with Gasteiger partial charge in [0.25, 0.3) is 5.91 Å². The van der Waals surface area contributed by atoms with Gasteiger partial charge in [-0.3, -0.25) is 96.3 Å². The highest BCUT2D eigenvalue weighted by Crippen LogP contribution is 2.21. The number of H-pyrrole nitrogens is 2. The van der Waals surface area contributed by atoms with Gasteiger partial charge in [0.15, 0.2) is 0 Å². The molecule has 20 N–H and O–H groups in total. The second kappa shape index (κ2) is 45.0. The molecule has 3 heterocycles. The number of thioether (sulfide) groups is 1. The van der Waals surface area contributed by atoms with Gasteiger partial charge in [-0.15, -0.1) is 0 Å². The summed E-state index contributed by atoms with van der Waals surface area (Å²) in [6.45, 7) is 5.45. The zero-order chi connectivity index (χ0) is 81.3.